The van der Waals surface area contributed by atoms with Gasteiger partial charge in [0.05, 0.1) is 33.4 Å². The van der Waals surface area contributed by atoms with Gasteiger partial charge < -0.3 is 4.57 Å². The quantitative estimate of drug-likeness (QED) is 0.445. The zero-order chi connectivity index (χ0) is 13.9. The van der Waals surface area contributed by atoms with Gasteiger partial charge in [-0.05, 0) is 30.3 Å². The van der Waals surface area contributed by atoms with Gasteiger partial charge in [-0.3, -0.25) is 0 Å². The minimum Gasteiger partial charge on any atom is -0.334 e. The SMILES string of the molecule is Cn1cnc2c3c(Cl)c4ccc(Cl)cc4nc3ccc21. The van der Waals surface area contributed by atoms with Crippen molar-refractivity contribution in [1.82, 2.24) is 14.5 Å². The molecule has 3 nitrogen and oxygen atoms in total. The van der Waals surface area contributed by atoms with Crippen LogP contribution in [0.2, 0.25) is 10.0 Å². The minimum atomic E-state index is 0.652. The van der Waals surface area contributed by atoms with Crippen LogP contribution in [0.25, 0.3) is 32.8 Å². The Bertz CT molecular complexity index is 989. The number of aromatic nitrogens is 3. The van der Waals surface area contributed by atoms with E-state index in [0.717, 1.165) is 32.8 Å². The lowest BCUT2D eigenvalue weighted by Crippen LogP contribution is -1.88. The smallest absolute Gasteiger partial charge is 0.0993 e. The van der Waals surface area contributed by atoms with Crippen LogP contribution in [0.5, 0.6) is 0 Å². The van der Waals surface area contributed by atoms with E-state index in [-0.39, 0.29) is 0 Å². The van der Waals surface area contributed by atoms with Gasteiger partial charge in [0.1, 0.15) is 0 Å². The molecule has 0 spiro atoms. The van der Waals surface area contributed by atoms with Crippen molar-refractivity contribution in [2.24, 2.45) is 7.05 Å². The van der Waals surface area contributed by atoms with E-state index >= 15 is 0 Å². The summed E-state index contributed by atoms with van der Waals surface area (Å²) in [6.45, 7) is 0. The number of aryl methyl sites for hydroxylation is 1. The number of nitrogens with zero attached hydrogens (tertiary/aromatic N) is 3. The molecule has 0 N–H and O–H groups in total. The first kappa shape index (κ1) is 11.9. The van der Waals surface area contributed by atoms with Crippen molar-refractivity contribution < 1.29 is 0 Å². The summed E-state index contributed by atoms with van der Waals surface area (Å²) >= 11 is 12.6. The fourth-order valence-electron chi connectivity index (χ4n) is 2.55. The summed E-state index contributed by atoms with van der Waals surface area (Å²) in [5.41, 5.74) is 3.54. The second-order valence-electron chi connectivity index (χ2n) is 4.77. The second-order valence-corrected chi connectivity index (χ2v) is 5.58. The van der Waals surface area contributed by atoms with Crippen molar-refractivity contribution in [1.29, 1.82) is 0 Å². The molecule has 2 heterocycles. The van der Waals surface area contributed by atoms with Gasteiger partial charge >= 0.3 is 0 Å². The van der Waals surface area contributed by atoms with Gasteiger partial charge in [-0.2, -0.15) is 0 Å². The molecule has 0 fully saturated rings. The number of pyridine rings is 1. The lowest BCUT2D eigenvalue weighted by atomic mass is 10.1. The van der Waals surface area contributed by atoms with E-state index in [9.17, 15) is 0 Å². The molecule has 0 saturated carbocycles. The molecule has 0 aliphatic heterocycles. The maximum absolute atomic E-state index is 6.58. The molecule has 0 radical (unpaired) electrons. The highest BCUT2D eigenvalue weighted by molar-refractivity contribution is 6.42. The lowest BCUT2D eigenvalue weighted by Gasteiger charge is -2.06. The third-order valence-electron chi connectivity index (χ3n) is 3.53. The Morgan fingerprint density at radius 3 is 2.75 bits per heavy atom. The van der Waals surface area contributed by atoms with Crippen molar-refractivity contribution in [2.45, 2.75) is 0 Å². The van der Waals surface area contributed by atoms with E-state index in [2.05, 4.69) is 9.97 Å². The minimum absolute atomic E-state index is 0.652. The molecule has 4 rings (SSSR count). The van der Waals surface area contributed by atoms with Gasteiger partial charge in [-0.25, -0.2) is 9.97 Å². The molecule has 0 amide bonds. The van der Waals surface area contributed by atoms with Crippen LogP contribution in [0.15, 0.2) is 36.7 Å². The van der Waals surface area contributed by atoms with Crippen LogP contribution in [0.1, 0.15) is 0 Å². The van der Waals surface area contributed by atoms with E-state index in [1.165, 1.54) is 0 Å². The molecule has 2 aromatic heterocycles. The average Bonchev–Trinajstić information content (AvgIpc) is 2.80. The van der Waals surface area contributed by atoms with Gasteiger partial charge in [-0.15, -0.1) is 0 Å². The number of halogens is 2. The number of hydrogen-bond acceptors (Lipinski definition) is 2. The molecular formula is C15H9Cl2N3. The van der Waals surface area contributed by atoms with Gasteiger partial charge in [0.25, 0.3) is 0 Å². The van der Waals surface area contributed by atoms with Crippen molar-refractivity contribution >= 4 is 56.0 Å². The summed E-state index contributed by atoms with van der Waals surface area (Å²) in [6, 6.07) is 9.51. The third kappa shape index (κ3) is 1.54. The Morgan fingerprint density at radius 1 is 1.05 bits per heavy atom. The van der Waals surface area contributed by atoms with Crippen LogP contribution >= 0.6 is 23.2 Å². The van der Waals surface area contributed by atoms with Crippen molar-refractivity contribution in [3.8, 4) is 0 Å². The van der Waals surface area contributed by atoms with E-state index in [1.54, 1.807) is 6.33 Å². The predicted molar refractivity (Wildman–Crippen MR) is 83.5 cm³/mol. The summed E-state index contributed by atoms with van der Waals surface area (Å²) in [7, 11) is 1.96. The number of imidazole rings is 1. The van der Waals surface area contributed by atoms with Crippen molar-refractivity contribution in [3.05, 3.63) is 46.7 Å². The highest BCUT2D eigenvalue weighted by atomic mass is 35.5. The lowest BCUT2D eigenvalue weighted by molar-refractivity contribution is 0.948. The fraction of sp³-hybridized carbons (Fsp3) is 0.0667. The van der Waals surface area contributed by atoms with Crippen molar-refractivity contribution in [3.63, 3.8) is 0 Å². The average molecular weight is 302 g/mol. The number of benzene rings is 2. The summed E-state index contributed by atoms with van der Waals surface area (Å²) in [6.07, 6.45) is 1.78. The van der Waals surface area contributed by atoms with Crippen LogP contribution in [0.3, 0.4) is 0 Å². The van der Waals surface area contributed by atoms with Crippen LogP contribution in [0, 0.1) is 0 Å². The summed E-state index contributed by atoms with van der Waals surface area (Å²) in [5, 5.41) is 3.10. The van der Waals surface area contributed by atoms with Gasteiger partial charge in [-0.1, -0.05) is 23.2 Å². The molecule has 2 aromatic carbocycles. The van der Waals surface area contributed by atoms with Crippen LogP contribution in [-0.4, -0.2) is 14.5 Å². The van der Waals surface area contributed by atoms with E-state index in [0.29, 0.717) is 10.0 Å². The standard InChI is InChI=1S/C15H9Cl2N3/c1-20-7-18-15-12(20)5-4-10-13(15)14(17)9-3-2-8(16)6-11(9)19-10/h2-7H,1H3. The molecule has 0 aliphatic rings. The van der Waals surface area contributed by atoms with E-state index < -0.39 is 0 Å². The first-order valence-corrected chi connectivity index (χ1v) is 6.89. The molecular weight excluding hydrogens is 293 g/mol. The highest BCUT2D eigenvalue weighted by Crippen LogP contribution is 2.35. The first-order chi connectivity index (χ1) is 9.65. The molecule has 4 aromatic rings. The maximum Gasteiger partial charge on any atom is 0.0993 e. The maximum atomic E-state index is 6.58. The summed E-state index contributed by atoms with van der Waals surface area (Å²) in [4.78, 5) is 9.08. The number of hydrogen-bond donors (Lipinski definition) is 0. The Hall–Kier alpha value is -1.84. The Labute approximate surface area is 124 Å². The van der Waals surface area contributed by atoms with Crippen LogP contribution in [0.4, 0.5) is 0 Å². The molecule has 0 aliphatic carbocycles. The van der Waals surface area contributed by atoms with Crippen LogP contribution in [-0.2, 0) is 7.05 Å². The van der Waals surface area contributed by atoms with Gasteiger partial charge in [0.2, 0.25) is 0 Å². The van der Waals surface area contributed by atoms with Crippen LogP contribution < -0.4 is 0 Å². The van der Waals surface area contributed by atoms with Gasteiger partial charge in [0.15, 0.2) is 0 Å². The first-order valence-electron chi connectivity index (χ1n) is 6.13. The van der Waals surface area contributed by atoms with E-state index in [1.807, 2.05) is 41.9 Å². The third-order valence-corrected chi connectivity index (χ3v) is 4.16. The van der Waals surface area contributed by atoms with E-state index in [4.69, 9.17) is 23.2 Å². The molecule has 0 atom stereocenters. The zero-order valence-electron chi connectivity index (χ0n) is 10.6. The Kier molecular flexibility index (Phi) is 2.43. The van der Waals surface area contributed by atoms with Crippen molar-refractivity contribution in [2.75, 3.05) is 0 Å². The molecule has 0 bridgehead atoms. The topological polar surface area (TPSA) is 30.7 Å². The van der Waals surface area contributed by atoms with Gasteiger partial charge in [0, 0.05) is 22.8 Å². The predicted octanol–water partition coefficient (Wildman–Crippen LogP) is 4.58. The normalized spacial score (nSPS) is 11.8. The molecule has 0 saturated heterocycles. The Morgan fingerprint density at radius 2 is 1.90 bits per heavy atom. The largest absolute Gasteiger partial charge is 0.334 e. The monoisotopic (exact) mass is 301 g/mol. The highest BCUT2D eigenvalue weighted by Gasteiger charge is 2.13. The molecule has 20 heavy (non-hydrogen) atoms. The number of fused-ring (bicyclic) bond motifs is 4. The second kappa shape index (κ2) is 4.08. The molecule has 98 valence electrons. The summed E-state index contributed by atoms with van der Waals surface area (Å²) < 4.78 is 1.97. The molecule has 0 unspecified atom stereocenters. The fourth-order valence-corrected chi connectivity index (χ4v) is 3.06. The molecule has 5 heteroatoms. The zero-order valence-corrected chi connectivity index (χ0v) is 12.1. The Balaban J connectivity index is 2.29. The number of rotatable bonds is 0. The summed E-state index contributed by atoms with van der Waals surface area (Å²) in [5.74, 6) is 0.